The average Bonchev–Trinajstić information content (AvgIpc) is 3.25. The van der Waals surface area contributed by atoms with Gasteiger partial charge in [0.05, 0.1) is 21.3 Å². The van der Waals surface area contributed by atoms with Crippen LogP contribution in [0.1, 0.15) is 43.3 Å². The number of thiazole rings is 2. The number of anilines is 1. The van der Waals surface area contributed by atoms with Gasteiger partial charge in [0.1, 0.15) is 6.04 Å². The van der Waals surface area contributed by atoms with Crippen molar-refractivity contribution in [1.29, 1.82) is 0 Å². The number of aryl methyl sites for hydroxylation is 1. The molecule has 1 aliphatic heterocycles. The molecule has 7 nitrogen and oxygen atoms in total. The predicted molar refractivity (Wildman–Crippen MR) is 100.0 cm³/mol. The van der Waals surface area contributed by atoms with Gasteiger partial charge in [-0.3, -0.25) is 10.1 Å². The van der Waals surface area contributed by atoms with Gasteiger partial charge >= 0.3 is 6.03 Å². The van der Waals surface area contributed by atoms with Crippen molar-refractivity contribution in [3.63, 3.8) is 0 Å². The van der Waals surface area contributed by atoms with Crippen molar-refractivity contribution in [1.82, 2.24) is 14.9 Å². The van der Waals surface area contributed by atoms with E-state index in [9.17, 15) is 9.59 Å². The number of aromatic nitrogens is 2. The van der Waals surface area contributed by atoms with E-state index in [0.717, 1.165) is 27.7 Å². The van der Waals surface area contributed by atoms with Crippen molar-refractivity contribution in [3.8, 4) is 10.6 Å². The summed E-state index contributed by atoms with van der Waals surface area (Å²) >= 11 is 3.02. The fourth-order valence-corrected chi connectivity index (χ4v) is 4.63. The number of likely N-dealkylation sites (tertiary alicyclic amines) is 1. The Kier molecular flexibility index (Phi) is 5.05. The molecule has 1 saturated heterocycles. The number of hydrogen-bond donors (Lipinski definition) is 2. The highest BCUT2D eigenvalue weighted by atomic mass is 32.1. The number of rotatable bonds is 4. The molecule has 25 heavy (non-hydrogen) atoms. The quantitative estimate of drug-likeness (QED) is 0.852. The lowest BCUT2D eigenvalue weighted by Gasteiger charge is -2.21. The second-order valence-corrected chi connectivity index (χ2v) is 8.23. The van der Waals surface area contributed by atoms with Gasteiger partial charge in [-0.15, -0.1) is 11.3 Å². The maximum atomic E-state index is 12.4. The molecule has 1 atom stereocenters. The van der Waals surface area contributed by atoms with Crippen molar-refractivity contribution in [2.75, 3.05) is 11.9 Å². The summed E-state index contributed by atoms with van der Waals surface area (Å²) in [5, 5.41) is 6.40. The smallest absolute Gasteiger partial charge is 0.324 e. The Morgan fingerprint density at radius 1 is 1.40 bits per heavy atom. The van der Waals surface area contributed by atoms with E-state index >= 15 is 0 Å². The van der Waals surface area contributed by atoms with Crippen LogP contribution in [0.2, 0.25) is 0 Å². The van der Waals surface area contributed by atoms with Crippen LogP contribution in [-0.4, -0.2) is 39.4 Å². The molecule has 1 fully saturated rings. The highest BCUT2D eigenvalue weighted by Gasteiger charge is 2.33. The van der Waals surface area contributed by atoms with Gasteiger partial charge in [0, 0.05) is 17.8 Å². The zero-order valence-corrected chi connectivity index (χ0v) is 16.0. The van der Waals surface area contributed by atoms with Crippen molar-refractivity contribution in [3.05, 3.63) is 16.1 Å². The Morgan fingerprint density at radius 2 is 2.16 bits per heavy atom. The number of amides is 3. The molecule has 3 rings (SSSR count). The summed E-state index contributed by atoms with van der Waals surface area (Å²) in [5.74, 6) is -0.0839. The molecule has 0 radical (unpaired) electrons. The van der Waals surface area contributed by atoms with Gasteiger partial charge in [0.2, 0.25) is 5.91 Å². The molecule has 9 heteroatoms. The van der Waals surface area contributed by atoms with E-state index in [1.54, 1.807) is 11.3 Å². The van der Waals surface area contributed by atoms with Gasteiger partial charge in [-0.2, -0.15) is 0 Å². The molecule has 0 saturated carbocycles. The third-order valence-electron chi connectivity index (χ3n) is 4.10. The van der Waals surface area contributed by atoms with E-state index in [2.05, 4.69) is 29.1 Å². The van der Waals surface area contributed by atoms with E-state index < -0.39 is 11.9 Å². The van der Waals surface area contributed by atoms with Crippen LogP contribution in [0.5, 0.6) is 0 Å². The van der Waals surface area contributed by atoms with Gasteiger partial charge in [0.25, 0.3) is 0 Å². The first kappa shape index (κ1) is 17.8. The van der Waals surface area contributed by atoms with Gasteiger partial charge in [-0.1, -0.05) is 25.2 Å². The summed E-state index contributed by atoms with van der Waals surface area (Å²) < 4.78 is 0. The number of primary amides is 1. The van der Waals surface area contributed by atoms with Crippen LogP contribution in [-0.2, 0) is 4.79 Å². The lowest BCUT2D eigenvalue weighted by atomic mass is 10.2. The van der Waals surface area contributed by atoms with Gasteiger partial charge in [0.15, 0.2) is 5.13 Å². The normalized spacial score (nSPS) is 17.3. The van der Waals surface area contributed by atoms with Crippen LogP contribution >= 0.6 is 22.7 Å². The first-order chi connectivity index (χ1) is 11.9. The number of urea groups is 1. The number of carbonyl (C=O) groups is 2. The zero-order valence-electron chi connectivity index (χ0n) is 14.4. The monoisotopic (exact) mass is 379 g/mol. The molecule has 134 valence electrons. The van der Waals surface area contributed by atoms with E-state index in [-0.39, 0.29) is 6.03 Å². The summed E-state index contributed by atoms with van der Waals surface area (Å²) in [6, 6.07) is -0.865. The van der Waals surface area contributed by atoms with Crippen molar-refractivity contribution >= 4 is 39.7 Å². The molecular formula is C16H21N5O2S2. The molecule has 0 bridgehead atoms. The lowest BCUT2D eigenvalue weighted by Crippen LogP contribution is -2.45. The van der Waals surface area contributed by atoms with Gasteiger partial charge in [-0.05, 0) is 19.8 Å². The summed E-state index contributed by atoms with van der Waals surface area (Å²) in [4.78, 5) is 35.4. The number of nitrogens with two attached hydrogens (primary N) is 1. The third kappa shape index (κ3) is 3.67. The predicted octanol–water partition coefficient (Wildman–Crippen LogP) is 3.18. The van der Waals surface area contributed by atoms with Crippen molar-refractivity contribution < 1.29 is 9.59 Å². The highest BCUT2D eigenvalue weighted by Crippen LogP contribution is 2.35. The minimum Gasteiger partial charge on any atom is -0.368 e. The average molecular weight is 380 g/mol. The number of nitrogens with one attached hydrogen (secondary N) is 1. The second kappa shape index (κ2) is 7.09. The number of nitrogens with zero attached hydrogens (tertiary/aromatic N) is 3. The number of hydrogen-bond acceptors (Lipinski definition) is 6. The maximum Gasteiger partial charge on any atom is 0.324 e. The minimum atomic E-state index is -0.535. The number of carbonyl (C=O) groups excluding carboxylic acids is 2. The van der Waals surface area contributed by atoms with Crippen LogP contribution in [0.25, 0.3) is 10.6 Å². The molecule has 3 amide bonds. The van der Waals surface area contributed by atoms with Crippen LogP contribution < -0.4 is 11.1 Å². The van der Waals surface area contributed by atoms with E-state index in [4.69, 9.17) is 5.73 Å². The molecule has 1 aliphatic rings. The molecule has 0 spiro atoms. The Hall–Kier alpha value is -2.00. The Balaban J connectivity index is 1.76. The van der Waals surface area contributed by atoms with Crippen LogP contribution in [0.15, 0.2) is 5.38 Å². The Labute approximate surface area is 154 Å². The third-order valence-corrected chi connectivity index (χ3v) is 6.34. The summed E-state index contributed by atoms with van der Waals surface area (Å²) in [7, 11) is 0. The molecule has 0 unspecified atom stereocenters. The van der Waals surface area contributed by atoms with E-state index in [0.29, 0.717) is 24.0 Å². The molecule has 3 heterocycles. The van der Waals surface area contributed by atoms with Crippen LogP contribution in [0.3, 0.4) is 0 Å². The fourth-order valence-electron chi connectivity index (χ4n) is 2.81. The summed E-state index contributed by atoms with van der Waals surface area (Å²) in [6.45, 7) is 6.65. The largest absolute Gasteiger partial charge is 0.368 e. The van der Waals surface area contributed by atoms with Gasteiger partial charge in [-0.25, -0.2) is 14.8 Å². The zero-order chi connectivity index (χ0) is 18.1. The SMILES string of the molecule is Cc1nc(NC(=O)N2CCC[C@H]2C(N)=O)sc1-c1csc(C(C)C)n1. The van der Waals surface area contributed by atoms with Crippen molar-refractivity contribution in [2.45, 2.75) is 45.6 Å². The van der Waals surface area contributed by atoms with E-state index in [1.165, 1.54) is 16.2 Å². The summed E-state index contributed by atoms with van der Waals surface area (Å²) in [6.07, 6.45) is 1.39. The maximum absolute atomic E-state index is 12.4. The molecular weight excluding hydrogens is 358 g/mol. The summed E-state index contributed by atoms with van der Waals surface area (Å²) in [5.41, 5.74) is 7.09. The molecule has 0 aliphatic carbocycles. The molecule has 2 aromatic rings. The van der Waals surface area contributed by atoms with Crippen LogP contribution in [0, 0.1) is 6.92 Å². The molecule has 0 aromatic carbocycles. The second-order valence-electron chi connectivity index (χ2n) is 6.34. The fraction of sp³-hybridized carbons (Fsp3) is 0.500. The standard InChI is InChI=1S/C16H21N5O2S2/c1-8(2)14-19-10(7-24-14)12-9(3)18-15(25-12)20-16(23)21-6-4-5-11(21)13(17)22/h7-8,11H,4-6H2,1-3H3,(H2,17,22)(H,18,20,23)/t11-/m0/s1. The minimum absolute atomic E-state index is 0.331. The first-order valence-electron chi connectivity index (χ1n) is 8.17. The van der Waals surface area contributed by atoms with Crippen LogP contribution in [0.4, 0.5) is 9.93 Å². The van der Waals surface area contributed by atoms with Gasteiger partial charge < -0.3 is 10.6 Å². The topological polar surface area (TPSA) is 101 Å². The highest BCUT2D eigenvalue weighted by molar-refractivity contribution is 7.19. The Bertz CT molecular complexity index is 798. The van der Waals surface area contributed by atoms with E-state index in [1.807, 2.05) is 12.3 Å². The first-order valence-corrected chi connectivity index (χ1v) is 9.86. The molecule has 3 N–H and O–H groups in total. The lowest BCUT2D eigenvalue weighted by molar-refractivity contribution is -0.121. The Morgan fingerprint density at radius 3 is 2.80 bits per heavy atom. The van der Waals surface area contributed by atoms with Crippen molar-refractivity contribution in [2.24, 2.45) is 5.73 Å². The molecule has 2 aromatic heterocycles.